The molecule has 0 aromatic rings. The Bertz CT molecular complexity index is 935. The molecule has 0 aliphatic carbocycles. The van der Waals surface area contributed by atoms with Gasteiger partial charge in [-0.2, -0.15) is 0 Å². The molecule has 60 heavy (non-hydrogen) atoms. The van der Waals surface area contributed by atoms with Crippen molar-refractivity contribution in [2.45, 2.75) is 296 Å². The van der Waals surface area contributed by atoms with Gasteiger partial charge in [0.05, 0.1) is 25.4 Å². The lowest BCUT2D eigenvalue weighted by molar-refractivity contribution is -0.143. The summed E-state index contributed by atoms with van der Waals surface area (Å²) in [5, 5.41) is 23.1. The standard InChI is InChI=1S/C54H103NO5/c1-3-5-7-9-11-13-15-17-18-19-20-21-22-23-24-25-26-30-34-38-42-46-52(57)51(50-56)55-53(58)47-43-39-35-31-28-29-33-37-41-45-49-60-54(59)48-44-40-36-32-27-16-14-12-10-8-6-4-2/h12,14,42,46,51-52,56-57H,3-11,13,15-41,43-45,47-50H2,1-2H3,(H,55,58)/b14-12-,46-42+. The molecule has 0 radical (unpaired) electrons. The topological polar surface area (TPSA) is 95.9 Å². The van der Waals surface area contributed by atoms with E-state index in [0.717, 1.165) is 57.8 Å². The predicted molar refractivity (Wildman–Crippen MR) is 260 cm³/mol. The molecule has 0 aliphatic rings. The van der Waals surface area contributed by atoms with Gasteiger partial charge in [-0.05, 0) is 57.8 Å². The molecule has 2 atom stereocenters. The third-order valence-corrected chi connectivity index (χ3v) is 12.2. The summed E-state index contributed by atoms with van der Waals surface area (Å²) in [6.07, 6.45) is 58.9. The first-order valence-corrected chi connectivity index (χ1v) is 26.6. The Morgan fingerprint density at radius 1 is 0.450 bits per heavy atom. The molecule has 3 N–H and O–H groups in total. The van der Waals surface area contributed by atoms with Crippen LogP contribution in [-0.4, -0.2) is 47.4 Å². The molecule has 0 saturated carbocycles. The highest BCUT2D eigenvalue weighted by Crippen LogP contribution is 2.16. The lowest BCUT2D eigenvalue weighted by atomic mass is 10.0. The van der Waals surface area contributed by atoms with E-state index >= 15 is 0 Å². The van der Waals surface area contributed by atoms with E-state index in [2.05, 4.69) is 31.3 Å². The molecule has 0 aromatic heterocycles. The normalized spacial score (nSPS) is 12.8. The third kappa shape index (κ3) is 45.9. The fraction of sp³-hybridized carbons (Fsp3) is 0.889. The Hall–Kier alpha value is -1.66. The largest absolute Gasteiger partial charge is 0.466 e. The number of aliphatic hydroxyl groups excluding tert-OH is 2. The van der Waals surface area contributed by atoms with Crippen LogP contribution < -0.4 is 5.32 Å². The lowest BCUT2D eigenvalue weighted by Gasteiger charge is -2.20. The Kier molecular flexibility index (Phi) is 48.6. The number of amides is 1. The van der Waals surface area contributed by atoms with Crippen molar-refractivity contribution in [2.75, 3.05) is 13.2 Å². The zero-order chi connectivity index (χ0) is 43.7. The number of hydrogen-bond acceptors (Lipinski definition) is 5. The van der Waals surface area contributed by atoms with E-state index in [1.807, 2.05) is 6.08 Å². The fourth-order valence-electron chi connectivity index (χ4n) is 8.10. The Morgan fingerprint density at radius 2 is 0.783 bits per heavy atom. The molecular formula is C54H103NO5. The van der Waals surface area contributed by atoms with Crippen LogP contribution in [0.1, 0.15) is 284 Å². The highest BCUT2D eigenvalue weighted by molar-refractivity contribution is 5.76. The molecule has 354 valence electrons. The Labute approximate surface area is 373 Å². The average Bonchev–Trinajstić information content (AvgIpc) is 3.25. The van der Waals surface area contributed by atoms with Crippen LogP contribution in [0.25, 0.3) is 0 Å². The molecule has 6 nitrogen and oxygen atoms in total. The second kappa shape index (κ2) is 50.0. The van der Waals surface area contributed by atoms with E-state index in [0.29, 0.717) is 19.4 Å². The molecule has 0 aliphatic heterocycles. The van der Waals surface area contributed by atoms with Gasteiger partial charge in [0.15, 0.2) is 0 Å². The summed E-state index contributed by atoms with van der Waals surface area (Å²) in [5.74, 6) is -0.120. The quantitative estimate of drug-likeness (QED) is 0.0322. The van der Waals surface area contributed by atoms with Gasteiger partial charge in [0.25, 0.3) is 0 Å². The molecule has 0 bridgehead atoms. The highest BCUT2D eigenvalue weighted by Gasteiger charge is 2.18. The number of unbranched alkanes of at least 4 members (excludes halogenated alkanes) is 36. The second-order valence-corrected chi connectivity index (χ2v) is 18.2. The number of carbonyl (C=O) groups excluding carboxylic acids is 2. The summed E-state index contributed by atoms with van der Waals surface area (Å²) in [6, 6.07) is -0.645. The fourth-order valence-corrected chi connectivity index (χ4v) is 8.10. The van der Waals surface area contributed by atoms with Gasteiger partial charge >= 0.3 is 5.97 Å². The van der Waals surface area contributed by atoms with E-state index in [1.54, 1.807) is 6.08 Å². The third-order valence-electron chi connectivity index (χ3n) is 12.2. The molecule has 2 unspecified atom stereocenters. The van der Waals surface area contributed by atoms with Crippen LogP contribution in [0.3, 0.4) is 0 Å². The summed E-state index contributed by atoms with van der Waals surface area (Å²) in [7, 11) is 0. The number of esters is 1. The molecule has 0 aromatic carbocycles. The van der Waals surface area contributed by atoms with E-state index < -0.39 is 12.1 Å². The zero-order valence-corrected chi connectivity index (χ0v) is 40.2. The minimum Gasteiger partial charge on any atom is -0.466 e. The van der Waals surface area contributed by atoms with Crippen LogP contribution >= 0.6 is 0 Å². The van der Waals surface area contributed by atoms with E-state index in [9.17, 15) is 19.8 Å². The average molecular weight is 846 g/mol. The van der Waals surface area contributed by atoms with Crippen molar-refractivity contribution in [3.63, 3.8) is 0 Å². The molecule has 0 heterocycles. The summed E-state index contributed by atoms with van der Waals surface area (Å²) >= 11 is 0. The van der Waals surface area contributed by atoms with E-state index in [4.69, 9.17) is 4.74 Å². The number of rotatable bonds is 49. The zero-order valence-electron chi connectivity index (χ0n) is 40.2. The van der Waals surface area contributed by atoms with E-state index in [-0.39, 0.29) is 18.5 Å². The Balaban J connectivity index is 3.53. The molecule has 1 amide bonds. The number of aliphatic hydroxyl groups is 2. The van der Waals surface area contributed by atoms with Crippen molar-refractivity contribution in [2.24, 2.45) is 0 Å². The first kappa shape index (κ1) is 58.3. The number of ether oxygens (including phenoxy) is 1. The number of allylic oxidation sites excluding steroid dienone is 3. The van der Waals surface area contributed by atoms with Crippen LogP contribution in [0.4, 0.5) is 0 Å². The van der Waals surface area contributed by atoms with Crippen LogP contribution in [-0.2, 0) is 14.3 Å². The van der Waals surface area contributed by atoms with Crippen molar-refractivity contribution >= 4 is 11.9 Å². The van der Waals surface area contributed by atoms with E-state index in [1.165, 1.54) is 199 Å². The monoisotopic (exact) mass is 846 g/mol. The first-order valence-electron chi connectivity index (χ1n) is 26.6. The van der Waals surface area contributed by atoms with Crippen molar-refractivity contribution in [3.05, 3.63) is 24.3 Å². The van der Waals surface area contributed by atoms with Crippen molar-refractivity contribution in [1.29, 1.82) is 0 Å². The molecule has 0 fully saturated rings. The van der Waals surface area contributed by atoms with Crippen LogP contribution in [0.5, 0.6) is 0 Å². The van der Waals surface area contributed by atoms with Gasteiger partial charge in [-0.1, -0.05) is 237 Å². The van der Waals surface area contributed by atoms with Gasteiger partial charge < -0.3 is 20.3 Å². The molecule has 0 rings (SSSR count). The van der Waals surface area contributed by atoms with Crippen LogP contribution in [0, 0.1) is 0 Å². The van der Waals surface area contributed by atoms with Crippen LogP contribution in [0.15, 0.2) is 24.3 Å². The maximum atomic E-state index is 12.4. The molecule has 0 spiro atoms. The molecule has 0 saturated heterocycles. The van der Waals surface area contributed by atoms with Crippen molar-refractivity contribution < 1.29 is 24.5 Å². The number of hydrogen-bond donors (Lipinski definition) is 3. The number of carbonyl (C=O) groups is 2. The van der Waals surface area contributed by atoms with Crippen LogP contribution in [0.2, 0.25) is 0 Å². The number of nitrogens with one attached hydrogen (secondary N) is 1. The summed E-state index contributed by atoms with van der Waals surface area (Å²) in [6.45, 7) is 4.83. The summed E-state index contributed by atoms with van der Waals surface area (Å²) in [5.41, 5.74) is 0. The van der Waals surface area contributed by atoms with Gasteiger partial charge in [0, 0.05) is 12.8 Å². The first-order chi connectivity index (χ1) is 29.5. The highest BCUT2D eigenvalue weighted by atomic mass is 16.5. The molecule has 6 heteroatoms. The Morgan fingerprint density at radius 3 is 1.22 bits per heavy atom. The maximum absolute atomic E-state index is 12.4. The van der Waals surface area contributed by atoms with Crippen molar-refractivity contribution in [3.8, 4) is 0 Å². The smallest absolute Gasteiger partial charge is 0.305 e. The summed E-state index contributed by atoms with van der Waals surface area (Å²) < 4.78 is 5.44. The van der Waals surface area contributed by atoms with Gasteiger partial charge in [-0.25, -0.2) is 0 Å². The SMILES string of the molecule is CCCCC/C=C\CCCCCCCC(=O)OCCCCCCCCCCCCC(=O)NC(CO)C(O)/C=C/CCCCCCCCCCCCCCCCCCCCC. The minimum atomic E-state index is -0.860. The summed E-state index contributed by atoms with van der Waals surface area (Å²) in [4.78, 5) is 24.4. The van der Waals surface area contributed by atoms with Gasteiger partial charge in [0.1, 0.15) is 0 Å². The van der Waals surface area contributed by atoms with Gasteiger partial charge in [-0.3, -0.25) is 9.59 Å². The van der Waals surface area contributed by atoms with Crippen molar-refractivity contribution in [1.82, 2.24) is 5.32 Å². The predicted octanol–water partition coefficient (Wildman–Crippen LogP) is 15.9. The van der Waals surface area contributed by atoms with Gasteiger partial charge in [0.2, 0.25) is 5.91 Å². The maximum Gasteiger partial charge on any atom is 0.305 e. The second-order valence-electron chi connectivity index (χ2n) is 18.2. The minimum absolute atomic E-state index is 0.0307. The van der Waals surface area contributed by atoms with Gasteiger partial charge in [-0.15, -0.1) is 0 Å². The molecular weight excluding hydrogens is 743 g/mol. The lowest BCUT2D eigenvalue weighted by Crippen LogP contribution is -2.45.